The summed E-state index contributed by atoms with van der Waals surface area (Å²) in [5.41, 5.74) is 1.68. The fraction of sp³-hybridized carbons (Fsp3) is 0.458. The van der Waals surface area contributed by atoms with Crippen molar-refractivity contribution in [3.8, 4) is 0 Å². The van der Waals surface area contributed by atoms with Crippen molar-refractivity contribution in [1.29, 1.82) is 0 Å². The second-order valence-electron chi connectivity index (χ2n) is 8.38. The van der Waals surface area contributed by atoms with E-state index in [-0.39, 0.29) is 11.3 Å². The van der Waals surface area contributed by atoms with E-state index in [0.717, 1.165) is 17.7 Å². The smallest absolute Gasteiger partial charge is 0.322 e. The molecular formula is C24H35N3O4S. The molecule has 4 N–H and O–H groups in total. The normalized spacial score (nSPS) is 17.3. The van der Waals surface area contributed by atoms with Crippen LogP contribution in [-0.2, 0) is 21.2 Å². The molecule has 7 nitrogen and oxygen atoms in total. The van der Waals surface area contributed by atoms with Gasteiger partial charge in [0, 0.05) is 18.6 Å². The van der Waals surface area contributed by atoms with Gasteiger partial charge in [0.15, 0.2) is 0 Å². The van der Waals surface area contributed by atoms with Gasteiger partial charge in [0.05, 0.1) is 4.90 Å². The molecule has 1 saturated heterocycles. The Balaban J connectivity index is 0.000000303. The minimum atomic E-state index is -3.87. The van der Waals surface area contributed by atoms with Crippen molar-refractivity contribution in [2.45, 2.75) is 63.1 Å². The Morgan fingerprint density at radius 1 is 1.12 bits per heavy atom. The van der Waals surface area contributed by atoms with Gasteiger partial charge in [-0.15, -0.1) is 0 Å². The first-order valence-corrected chi connectivity index (χ1v) is 12.5. The maximum Gasteiger partial charge on any atom is 0.322 e. The Hall–Kier alpha value is -2.26. The predicted molar refractivity (Wildman–Crippen MR) is 127 cm³/mol. The van der Waals surface area contributed by atoms with Crippen LogP contribution in [0, 0.1) is 6.92 Å². The number of nitrogens with one attached hydrogen (secondary N) is 3. The quantitative estimate of drug-likeness (QED) is 0.482. The van der Waals surface area contributed by atoms with Gasteiger partial charge in [-0.1, -0.05) is 61.9 Å². The number of benzene rings is 2. The van der Waals surface area contributed by atoms with Gasteiger partial charge in [0.25, 0.3) is 0 Å². The van der Waals surface area contributed by atoms with Gasteiger partial charge in [-0.25, -0.2) is 8.42 Å². The molecule has 0 unspecified atom stereocenters. The highest BCUT2D eigenvalue weighted by Crippen LogP contribution is 2.12. The molecule has 1 aliphatic heterocycles. The molecule has 2 aromatic carbocycles. The van der Waals surface area contributed by atoms with Crippen molar-refractivity contribution in [2.75, 3.05) is 13.1 Å². The summed E-state index contributed by atoms with van der Waals surface area (Å²) in [5, 5.41) is 16.2. The van der Waals surface area contributed by atoms with Crippen molar-refractivity contribution in [3.63, 3.8) is 0 Å². The zero-order valence-corrected chi connectivity index (χ0v) is 19.9. The van der Waals surface area contributed by atoms with Gasteiger partial charge in [-0.3, -0.25) is 4.79 Å². The van der Waals surface area contributed by atoms with Gasteiger partial charge in [0.2, 0.25) is 10.0 Å². The van der Waals surface area contributed by atoms with Crippen molar-refractivity contribution in [2.24, 2.45) is 0 Å². The molecule has 1 fully saturated rings. The first-order chi connectivity index (χ1) is 15.2. The number of aliphatic carboxylic acids is 1. The second-order valence-corrected chi connectivity index (χ2v) is 10.1. The van der Waals surface area contributed by atoms with Crippen LogP contribution >= 0.6 is 0 Å². The molecule has 0 amide bonds. The van der Waals surface area contributed by atoms with Crippen LogP contribution in [0.2, 0.25) is 0 Å². The van der Waals surface area contributed by atoms with Crippen molar-refractivity contribution in [3.05, 3.63) is 65.7 Å². The lowest BCUT2D eigenvalue weighted by molar-refractivity contribution is -0.138. The maximum absolute atomic E-state index is 12.3. The molecule has 0 spiro atoms. The number of piperidine rings is 1. The predicted octanol–water partition coefficient (Wildman–Crippen LogP) is 2.71. The second kappa shape index (κ2) is 12.7. The topological polar surface area (TPSA) is 108 Å². The minimum Gasteiger partial charge on any atom is -0.480 e. The fourth-order valence-corrected chi connectivity index (χ4v) is 4.66. The van der Waals surface area contributed by atoms with E-state index in [9.17, 15) is 18.3 Å². The molecule has 176 valence electrons. The van der Waals surface area contributed by atoms with Crippen molar-refractivity contribution in [1.82, 2.24) is 15.4 Å². The minimum absolute atomic E-state index is 0.0532. The molecular weight excluding hydrogens is 426 g/mol. The summed E-state index contributed by atoms with van der Waals surface area (Å²) in [6.45, 7) is 8.61. The molecule has 0 radical (unpaired) electrons. The Morgan fingerprint density at radius 2 is 1.78 bits per heavy atom. The van der Waals surface area contributed by atoms with Crippen LogP contribution in [0.3, 0.4) is 0 Å². The van der Waals surface area contributed by atoms with Gasteiger partial charge < -0.3 is 15.7 Å². The molecule has 0 aromatic heterocycles. The van der Waals surface area contributed by atoms with E-state index in [2.05, 4.69) is 29.2 Å². The molecule has 1 heterocycles. The van der Waals surface area contributed by atoms with E-state index in [1.54, 1.807) is 36.4 Å². The van der Waals surface area contributed by atoms with Crippen LogP contribution in [0.25, 0.3) is 0 Å². The third-order valence-electron chi connectivity index (χ3n) is 5.08. The van der Waals surface area contributed by atoms with Crippen LogP contribution in [0.1, 0.15) is 37.8 Å². The summed E-state index contributed by atoms with van der Waals surface area (Å²) in [6, 6.07) is 15.3. The Morgan fingerprint density at radius 3 is 2.31 bits per heavy atom. The summed E-state index contributed by atoms with van der Waals surface area (Å²) in [5.74, 6) is -1.21. The average molecular weight is 462 g/mol. The number of carbonyl (C=O) groups is 1. The van der Waals surface area contributed by atoms with Gasteiger partial charge >= 0.3 is 5.97 Å². The average Bonchev–Trinajstić information content (AvgIpc) is 2.75. The Labute approximate surface area is 191 Å². The first kappa shape index (κ1) is 26.0. The number of hydrogen-bond acceptors (Lipinski definition) is 5. The number of carboxylic acids is 1. The van der Waals surface area contributed by atoms with E-state index >= 15 is 0 Å². The third-order valence-corrected chi connectivity index (χ3v) is 6.56. The molecule has 8 heteroatoms. The molecule has 3 rings (SSSR count). The standard InChI is InChI=1S/C16H17NO4S.C8H18N2/c1-12-7-9-14(10-8-12)22(20,21)17-15(16(18)19)11-13-5-3-2-4-6-13;1-7(2)10-8-4-3-5-9-6-8/h2-10,15,17H,11H2,1H3,(H,18,19);7-10H,3-6H2,1-2H3/t15-;8-/m01/s1. The maximum atomic E-state index is 12.3. The van der Waals surface area contributed by atoms with Gasteiger partial charge in [0.1, 0.15) is 6.04 Å². The number of sulfonamides is 1. The Kier molecular flexibility index (Phi) is 10.3. The molecule has 2 aromatic rings. The first-order valence-electron chi connectivity index (χ1n) is 11.0. The lowest BCUT2D eigenvalue weighted by Gasteiger charge is -2.25. The highest BCUT2D eigenvalue weighted by Gasteiger charge is 2.25. The zero-order valence-electron chi connectivity index (χ0n) is 19.0. The highest BCUT2D eigenvalue weighted by atomic mass is 32.2. The fourth-order valence-electron chi connectivity index (χ4n) is 3.47. The SMILES string of the molecule is CC(C)N[C@@H]1CCCNC1.Cc1ccc(S(=O)(=O)N[C@@H](Cc2ccccc2)C(=O)O)cc1. The van der Waals surface area contributed by atoms with Gasteiger partial charge in [-0.2, -0.15) is 4.72 Å². The number of carboxylic acid groups (broad SMARTS) is 1. The van der Waals surface area contributed by atoms with E-state index in [1.807, 2.05) is 13.0 Å². The van der Waals surface area contributed by atoms with E-state index in [1.165, 1.54) is 31.5 Å². The van der Waals surface area contributed by atoms with Crippen LogP contribution in [0.15, 0.2) is 59.5 Å². The molecule has 1 aliphatic rings. The van der Waals surface area contributed by atoms with Gasteiger partial charge in [-0.05, 0) is 50.4 Å². The highest BCUT2D eigenvalue weighted by molar-refractivity contribution is 7.89. The largest absolute Gasteiger partial charge is 0.480 e. The number of hydrogen-bond donors (Lipinski definition) is 4. The monoisotopic (exact) mass is 461 g/mol. The summed E-state index contributed by atoms with van der Waals surface area (Å²) >= 11 is 0. The third kappa shape index (κ3) is 9.08. The van der Waals surface area contributed by atoms with Crippen LogP contribution < -0.4 is 15.4 Å². The van der Waals surface area contributed by atoms with Crippen molar-refractivity contribution >= 4 is 16.0 Å². The van der Waals surface area contributed by atoms with Crippen molar-refractivity contribution < 1.29 is 18.3 Å². The zero-order chi connectivity index (χ0) is 23.6. The van der Waals surface area contributed by atoms with E-state index < -0.39 is 22.0 Å². The number of rotatable bonds is 8. The molecule has 32 heavy (non-hydrogen) atoms. The lowest BCUT2D eigenvalue weighted by atomic mass is 10.1. The summed E-state index contributed by atoms with van der Waals surface area (Å²) < 4.78 is 26.8. The lowest BCUT2D eigenvalue weighted by Crippen LogP contribution is -2.45. The van der Waals surface area contributed by atoms with E-state index in [4.69, 9.17) is 0 Å². The Bertz CT molecular complexity index is 925. The summed E-state index contributed by atoms with van der Waals surface area (Å²) in [6.07, 6.45) is 2.75. The molecule has 0 aliphatic carbocycles. The molecule has 0 bridgehead atoms. The summed E-state index contributed by atoms with van der Waals surface area (Å²) in [7, 11) is -3.87. The van der Waals surface area contributed by atoms with Crippen LogP contribution in [-0.4, -0.2) is 50.7 Å². The molecule has 2 atom stereocenters. The van der Waals surface area contributed by atoms with Crippen LogP contribution in [0.5, 0.6) is 0 Å². The molecule has 0 saturated carbocycles. The van der Waals surface area contributed by atoms with Crippen LogP contribution in [0.4, 0.5) is 0 Å². The summed E-state index contributed by atoms with van der Waals surface area (Å²) in [4.78, 5) is 11.4. The van der Waals surface area contributed by atoms with E-state index in [0.29, 0.717) is 12.1 Å². The number of aryl methyl sites for hydroxylation is 1.